The first kappa shape index (κ1) is 10.6. The molecule has 6 heteroatoms. The smallest absolute Gasteiger partial charge is 0.324 e. The molecule has 5 nitrogen and oxygen atoms in total. The molecule has 0 aliphatic heterocycles. The number of carbonyl (C=O) groups is 1. The second kappa shape index (κ2) is 4.19. The van der Waals surface area contributed by atoms with Gasteiger partial charge in [0.2, 0.25) is 0 Å². The van der Waals surface area contributed by atoms with Gasteiger partial charge in [0.1, 0.15) is 0 Å². The lowest BCUT2D eigenvalue weighted by atomic mass is 10.2. The summed E-state index contributed by atoms with van der Waals surface area (Å²) in [6, 6.07) is 1.41. The summed E-state index contributed by atoms with van der Waals surface area (Å²) in [6.07, 6.45) is 0.0900. The van der Waals surface area contributed by atoms with Crippen LogP contribution < -0.4 is 0 Å². The van der Waals surface area contributed by atoms with Crippen molar-refractivity contribution in [1.29, 1.82) is 0 Å². The van der Waals surface area contributed by atoms with Gasteiger partial charge < -0.3 is 4.74 Å². The van der Waals surface area contributed by atoms with Crippen molar-refractivity contribution in [3.8, 4) is 0 Å². The van der Waals surface area contributed by atoms with Crippen molar-refractivity contribution in [1.82, 2.24) is 0 Å². The number of hydrogen-bond acceptors (Lipinski definition) is 5. The Morgan fingerprint density at radius 2 is 2.36 bits per heavy atom. The van der Waals surface area contributed by atoms with Crippen LogP contribution in [0.2, 0.25) is 0 Å². The largest absolute Gasteiger partial charge is 0.469 e. The third kappa shape index (κ3) is 2.29. The molecular formula is C8H9NO4S. The van der Waals surface area contributed by atoms with Crippen molar-refractivity contribution in [2.45, 2.75) is 13.3 Å². The van der Waals surface area contributed by atoms with Gasteiger partial charge in [0.05, 0.1) is 18.5 Å². The minimum Gasteiger partial charge on any atom is -0.469 e. The highest BCUT2D eigenvalue weighted by Gasteiger charge is 2.16. The average molecular weight is 215 g/mol. The van der Waals surface area contributed by atoms with Crippen LogP contribution in [-0.2, 0) is 16.0 Å². The molecule has 0 N–H and O–H groups in total. The number of methoxy groups -OCH3 is 1. The Morgan fingerprint density at radius 1 is 1.71 bits per heavy atom. The van der Waals surface area contributed by atoms with E-state index in [4.69, 9.17) is 0 Å². The van der Waals surface area contributed by atoms with E-state index in [9.17, 15) is 14.9 Å². The zero-order valence-corrected chi connectivity index (χ0v) is 8.59. The molecule has 0 amide bonds. The van der Waals surface area contributed by atoms with E-state index in [-0.39, 0.29) is 17.4 Å². The number of carbonyl (C=O) groups excluding carboxylic acids is 1. The highest BCUT2D eigenvalue weighted by molar-refractivity contribution is 7.15. The number of thiophene rings is 1. The van der Waals surface area contributed by atoms with Crippen molar-refractivity contribution in [2.75, 3.05) is 7.11 Å². The highest BCUT2D eigenvalue weighted by atomic mass is 32.1. The second-order valence-corrected chi connectivity index (χ2v) is 3.91. The van der Waals surface area contributed by atoms with E-state index in [0.717, 1.165) is 16.2 Å². The molecule has 0 saturated carbocycles. The zero-order chi connectivity index (χ0) is 10.7. The van der Waals surface area contributed by atoms with E-state index in [0.29, 0.717) is 5.56 Å². The molecule has 0 aliphatic carbocycles. The molecule has 0 radical (unpaired) electrons. The van der Waals surface area contributed by atoms with E-state index in [1.807, 2.05) is 0 Å². The topological polar surface area (TPSA) is 69.4 Å². The molecule has 0 atom stereocenters. The lowest BCUT2D eigenvalue weighted by Gasteiger charge is -1.96. The third-order valence-electron chi connectivity index (χ3n) is 1.75. The summed E-state index contributed by atoms with van der Waals surface area (Å²) in [5.74, 6) is -0.388. The molecule has 1 aromatic heterocycles. The lowest BCUT2D eigenvalue weighted by molar-refractivity contribution is -0.380. The minimum atomic E-state index is -0.460. The van der Waals surface area contributed by atoms with Crippen LogP contribution in [0.15, 0.2) is 6.07 Å². The van der Waals surface area contributed by atoms with Crippen LogP contribution in [-0.4, -0.2) is 18.0 Å². The highest BCUT2D eigenvalue weighted by Crippen LogP contribution is 2.28. The Morgan fingerprint density at radius 3 is 2.79 bits per heavy atom. The van der Waals surface area contributed by atoms with Crippen molar-refractivity contribution in [2.24, 2.45) is 0 Å². The van der Waals surface area contributed by atoms with Crippen molar-refractivity contribution in [3.63, 3.8) is 0 Å². The summed E-state index contributed by atoms with van der Waals surface area (Å²) in [5.41, 5.74) is 0.661. The molecule has 0 aromatic carbocycles. The molecule has 14 heavy (non-hydrogen) atoms. The fourth-order valence-corrected chi connectivity index (χ4v) is 1.85. The molecule has 76 valence electrons. The molecule has 1 aromatic rings. The number of hydrogen-bond donors (Lipinski definition) is 0. The Labute approximate surface area is 84.5 Å². The first-order valence-electron chi connectivity index (χ1n) is 3.85. The standard InChI is InChI=1S/C8H9NO4S/c1-5-6(4-8(10)13-2)3-7(14-5)9(11)12/h3H,4H2,1-2H3. The normalized spacial score (nSPS) is 9.86. The monoisotopic (exact) mass is 215 g/mol. The van der Waals surface area contributed by atoms with Gasteiger partial charge >= 0.3 is 11.0 Å². The third-order valence-corrected chi connectivity index (χ3v) is 2.79. The number of aryl methyl sites for hydroxylation is 1. The van der Waals surface area contributed by atoms with Gasteiger partial charge in [-0.25, -0.2) is 0 Å². The zero-order valence-electron chi connectivity index (χ0n) is 7.77. The summed E-state index contributed by atoms with van der Waals surface area (Å²) in [6.45, 7) is 1.75. The average Bonchev–Trinajstić information content (AvgIpc) is 2.48. The van der Waals surface area contributed by atoms with Crippen LogP contribution in [0.3, 0.4) is 0 Å². The Kier molecular flexibility index (Phi) is 3.19. The number of nitrogens with zero attached hydrogens (tertiary/aromatic N) is 1. The molecule has 1 heterocycles. The molecule has 0 unspecified atom stereocenters. The summed E-state index contributed by atoms with van der Waals surface area (Å²) < 4.78 is 4.47. The van der Waals surface area contributed by atoms with Crippen LogP contribution in [0.5, 0.6) is 0 Å². The minimum absolute atomic E-state index is 0.0569. The van der Waals surface area contributed by atoms with Gasteiger partial charge in [0.15, 0.2) is 0 Å². The maximum absolute atomic E-state index is 10.9. The summed E-state index contributed by atoms with van der Waals surface area (Å²) in [4.78, 5) is 21.7. The van der Waals surface area contributed by atoms with Crippen molar-refractivity contribution in [3.05, 3.63) is 26.6 Å². The first-order chi connectivity index (χ1) is 6.54. The number of ether oxygens (including phenoxy) is 1. The number of esters is 1. The number of nitro groups is 1. The molecule has 1 rings (SSSR count). The first-order valence-corrected chi connectivity index (χ1v) is 4.66. The molecule has 0 aliphatic rings. The molecule has 0 bridgehead atoms. The van der Waals surface area contributed by atoms with Gasteiger partial charge in [0.25, 0.3) is 0 Å². The van der Waals surface area contributed by atoms with Crippen LogP contribution in [0.1, 0.15) is 10.4 Å². The molecular weight excluding hydrogens is 206 g/mol. The van der Waals surface area contributed by atoms with E-state index in [1.165, 1.54) is 13.2 Å². The fourth-order valence-electron chi connectivity index (χ4n) is 0.996. The summed E-state index contributed by atoms with van der Waals surface area (Å²) in [7, 11) is 1.29. The van der Waals surface area contributed by atoms with Gasteiger partial charge in [-0.05, 0) is 12.5 Å². The summed E-state index contributed by atoms with van der Waals surface area (Å²) in [5, 5.41) is 10.5. The van der Waals surface area contributed by atoms with Crippen molar-refractivity contribution < 1.29 is 14.5 Å². The SMILES string of the molecule is COC(=O)Cc1cc([N+](=O)[O-])sc1C. The maximum Gasteiger partial charge on any atom is 0.324 e. The fraction of sp³-hybridized carbons (Fsp3) is 0.375. The quantitative estimate of drug-likeness (QED) is 0.437. The Bertz CT molecular complexity index is 371. The predicted octanol–water partition coefficient (Wildman–Crippen LogP) is 1.68. The molecule has 0 saturated heterocycles. The van der Waals surface area contributed by atoms with Gasteiger partial charge in [-0.2, -0.15) is 0 Å². The molecule has 0 spiro atoms. The van der Waals surface area contributed by atoms with Crippen molar-refractivity contribution >= 4 is 22.3 Å². The van der Waals surface area contributed by atoms with Gasteiger partial charge in [-0.15, -0.1) is 0 Å². The maximum atomic E-state index is 10.9. The van der Waals surface area contributed by atoms with E-state index in [2.05, 4.69) is 4.74 Å². The van der Waals surface area contributed by atoms with Gasteiger partial charge in [-0.3, -0.25) is 14.9 Å². The van der Waals surface area contributed by atoms with Crippen LogP contribution in [0.4, 0.5) is 5.00 Å². The summed E-state index contributed by atoms with van der Waals surface area (Å²) >= 11 is 1.07. The molecule has 0 fully saturated rings. The van der Waals surface area contributed by atoms with Crippen LogP contribution >= 0.6 is 11.3 Å². The Balaban J connectivity index is 2.88. The van der Waals surface area contributed by atoms with Gasteiger partial charge in [0, 0.05) is 10.9 Å². The Hall–Kier alpha value is -1.43. The van der Waals surface area contributed by atoms with E-state index in [1.54, 1.807) is 6.92 Å². The van der Waals surface area contributed by atoms with Crippen LogP contribution in [0.25, 0.3) is 0 Å². The number of rotatable bonds is 3. The lowest BCUT2D eigenvalue weighted by Crippen LogP contribution is -2.04. The van der Waals surface area contributed by atoms with Crippen LogP contribution in [0, 0.1) is 17.0 Å². The van der Waals surface area contributed by atoms with E-state index >= 15 is 0 Å². The predicted molar refractivity (Wildman–Crippen MR) is 51.4 cm³/mol. The second-order valence-electron chi connectivity index (χ2n) is 2.68. The van der Waals surface area contributed by atoms with E-state index < -0.39 is 4.92 Å². The van der Waals surface area contributed by atoms with Gasteiger partial charge in [-0.1, -0.05) is 11.3 Å².